The Hall–Kier alpha value is -0.590. The highest BCUT2D eigenvalue weighted by Gasteiger charge is 2.17. The minimum atomic E-state index is -0.974. The van der Waals surface area contributed by atoms with E-state index >= 15 is 0 Å². The van der Waals surface area contributed by atoms with Crippen LogP contribution in [0, 0.1) is 11.6 Å². The molecule has 0 amide bonds. The lowest BCUT2D eigenvalue weighted by atomic mass is 10.2. The summed E-state index contributed by atoms with van der Waals surface area (Å²) < 4.78 is 27.2. The van der Waals surface area contributed by atoms with E-state index in [0.29, 0.717) is 22.2 Å². The van der Waals surface area contributed by atoms with Crippen LogP contribution in [0.2, 0.25) is 5.15 Å². The zero-order chi connectivity index (χ0) is 14.2. The minimum Gasteiger partial charge on any atom is -0.232 e. The molecule has 0 fully saturated rings. The number of hydrogen-bond acceptors (Lipinski definition) is 2. The average molecular weight is 412 g/mol. The van der Waals surface area contributed by atoms with Crippen LogP contribution in [0.1, 0.15) is 12.6 Å². The fourth-order valence-corrected chi connectivity index (χ4v) is 2.66. The minimum absolute atomic E-state index is 0.0204. The molecule has 0 saturated carbocycles. The Morgan fingerprint density at radius 3 is 2.47 bits per heavy atom. The Labute approximate surface area is 130 Å². The smallest absolute Gasteiger partial charge is 0.173 e. The standard InChI is InChI=1S/C12H7Br2ClF2N2/c1-2-7-9(14)11(15)19-12(18-7)5-3-4-6(16)10(17)8(5)13/h3-4H,2H2,1H3. The third-order valence-electron chi connectivity index (χ3n) is 2.49. The fraction of sp³-hybridized carbons (Fsp3) is 0.167. The lowest BCUT2D eigenvalue weighted by Crippen LogP contribution is -1.99. The molecule has 7 heteroatoms. The number of hydrogen-bond donors (Lipinski definition) is 0. The van der Waals surface area contributed by atoms with Crippen LogP contribution in [0.15, 0.2) is 21.1 Å². The molecule has 1 heterocycles. The Bertz CT molecular complexity index is 650. The van der Waals surface area contributed by atoms with E-state index < -0.39 is 11.6 Å². The lowest BCUT2D eigenvalue weighted by molar-refractivity contribution is 0.504. The quantitative estimate of drug-likeness (QED) is 0.503. The molecule has 2 rings (SSSR count). The first-order valence-corrected chi connectivity index (χ1v) is 7.27. The zero-order valence-electron chi connectivity index (χ0n) is 9.65. The van der Waals surface area contributed by atoms with E-state index in [0.717, 1.165) is 6.07 Å². The number of rotatable bonds is 2. The maximum Gasteiger partial charge on any atom is 0.173 e. The molecule has 0 N–H and O–H groups in total. The molecule has 100 valence electrons. The van der Waals surface area contributed by atoms with Gasteiger partial charge in [0, 0.05) is 5.56 Å². The number of aromatic nitrogens is 2. The van der Waals surface area contributed by atoms with E-state index in [1.54, 1.807) is 0 Å². The Morgan fingerprint density at radius 1 is 1.16 bits per heavy atom. The molecule has 1 aromatic heterocycles. The van der Waals surface area contributed by atoms with Gasteiger partial charge in [0.2, 0.25) is 0 Å². The van der Waals surface area contributed by atoms with E-state index in [-0.39, 0.29) is 15.5 Å². The van der Waals surface area contributed by atoms with Gasteiger partial charge >= 0.3 is 0 Å². The summed E-state index contributed by atoms with van der Waals surface area (Å²) in [4.78, 5) is 8.36. The number of benzene rings is 1. The Morgan fingerprint density at radius 2 is 1.84 bits per heavy atom. The van der Waals surface area contributed by atoms with Crippen molar-refractivity contribution in [2.24, 2.45) is 0 Å². The highest BCUT2D eigenvalue weighted by molar-refractivity contribution is 9.11. The summed E-state index contributed by atoms with van der Waals surface area (Å²) in [5, 5.41) is 0.235. The monoisotopic (exact) mass is 410 g/mol. The van der Waals surface area contributed by atoms with Gasteiger partial charge in [0.15, 0.2) is 17.5 Å². The molecule has 0 aliphatic heterocycles. The highest BCUT2D eigenvalue weighted by Crippen LogP contribution is 2.32. The summed E-state index contributed by atoms with van der Waals surface area (Å²) in [6.45, 7) is 1.91. The number of nitrogens with zero attached hydrogens (tertiary/aromatic N) is 2. The normalized spacial score (nSPS) is 10.8. The molecule has 0 saturated heterocycles. The van der Waals surface area contributed by atoms with E-state index in [1.807, 2.05) is 6.92 Å². The number of halogens is 5. The summed E-state index contributed by atoms with van der Waals surface area (Å²) in [7, 11) is 0. The molecule has 1 aromatic carbocycles. The summed E-state index contributed by atoms with van der Waals surface area (Å²) in [6, 6.07) is 2.43. The van der Waals surface area contributed by atoms with Crippen LogP contribution in [0.4, 0.5) is 8.78 Å². The van der Waals surface area contributed by atoms with Gasteiger partial charge in [0.05, 0.1) is 14.6 Å². The van der Waals surface area contributed by atoms with Crippen LogP contribution in [0.3, 0.4) is 0 Å². The van der Waals surface area contributed by atoms with Crippen LogP contribution in [0.25, 0.3) is 11.4 Å². The van der Waals surface area contributed by atoms with Gasteiger partial charge in [-0.1, -0.05) is 18.5 Å². The van der Waals surface area contributed by atoms with Gasteiger partial charge in [0.1, 0.15) is 5.15 Å². The van der Waals surface area contributed by atoms with E-state index in [4.69, 9.17) is 11.6 Å². The van der Waals surface area contributed by atoms with Crippen molar-refractivity contribution in [3.8, 4) is 11.4 Å². The van der Waals surface area contributed by atoms with Crippen molar-refractivity contribution >= 4 is 43.5 Å². The van der Waals surface area contributed by atoms with Gasteiger partial charge in [0.25, 0.3) is 0 Å². The molecule has 0 atom stereocenters. The number of aryl methyl sites for hydroxylation is 1. The van der Waals surface area contributed by atoms with Crippen LogP contribution < -0.4 is 0 Å². The predicted octanol–water partition coefficient (Wildman–Crippen LogP) is 5.16. The van der Waals surface area contributed by atoms with Crippen molar-refractivity contribution in [1.82, 2.24) is 9.97 Å². The van der Waals surface area contributed by atoms with Crippen molar-refractivity contribution < 1.29 is 8.78 Å². The van der Waals surface area contributed by atoms with Crippen molar-refractivity contribution in [1.29, 1.82) is 0 Å². The van der Waals surface area contributed by atoms with Crippen LogP contribution in [-0.2, 0) is 6.42 Å². The zero-order valence-corrected chi connectivity index (χ0v) is 13.6. The average Bonchev–Trinajstić information content (AvgIpc) is 2.39. The van der Waals surface area contributed by atoms with Gasteiger partial charge in [-0.25, -0.2) is 18.7 Å². The SMILES string of the molecule is CCc1nc(-c2ccc(F)c(F)c2Br)nc(Cl)c1Br. The van der Waals surface area contributed by atoms with Crippen molar-refractivity contribution in [2.75, 3.05) is 0 Å². The first-order chi connectivity index (χ1) is 8.95. The predicted molar refractivity (Wildman–Crippen MR) is 77.2 cm³/mol. The van der Waals surface area contributed by atoms with Gasteiger partial charge in [-0.15, -0.1) is 0 Å². The van der Waals surface area contributed by atoms with Crippen LogP contribution in [0.5, 0.6) is 0 Å². The van der Waals surface area contributed by atoms with E-state index in [1.165, 1.54) is 6.07 Å². The molecule has 2 aromatic rings. The molecule has 0 unspecified atom stereocenters. The molecule has 2 nitrogen and oxygen atoms in total. The van der Waals surface area contributed by atoms with Crippen LogP contribution >= 0.6 is 43.5 Å². The maximum atomic E-state index is 13.5. The third-order valence-corrected chi connectivity index (χ3v) is 4.60. The molecular weight excluding hydrogens is 405 g/mol. The largest absolute Gasteiger partial charge is 0.232 e. The van der Waals surface area contributed by atoms with Crippen molar-refractivity contribution in [2.45, 2.75) is 13.3 Å². The highest BCUT2D eigenvalue weighted by atomic mass is 79.9. The molecule has 19 heavy (non-hydrogen) atoms. The molecule has 0 spiro atoms. The van der Waals surface area contributed by atoms with Gasteiger partial charge in [-0.2, -0.15) is 0 Å². The van der Waals surface area contributed by atoms with E-state index in [9.17, 15) is 8.78 Å². The summed E-state index contributed by atoms with van der Waals surface area (Å²) >= 11 is 12.3. The topological polar surface area (TPSA) is 25.8 Å². The first kappa shape index (κ1) is 14.8. The van der Waals surface area contributed by atoms with Gasteiger partial charge in [-0.3, -0.25) is 0 Å². The van der Waals surface area contributed by atoms with Crippen LogP contribution in [-0.4, -0.2) is 9.97 Å². The molecule has 0 aliphatic carbocycles. The molecular formula is C12H7Br2ClF2N2. The second-order valence-corrected chi connectivity index (χ2v) is 5.62. The summed E-state index contributed by atoms with van der Waals surface area (Å²) in [5.41, 5.74) is 1.05. The van der Waals surface area contributed by atoms with Crippen molar-refractivity contribution in [3.63, 3.8) is 0 Å². The summed E-state index contributed by atoms with van der Waals surface area (Å²) in [5.74, 6) is -1.66. The second kappa shape index (κ2) is 5.81. The third kappa shape index (κ3) is 2.80. The second-order valence-electron chi connectivity index (χ2n) is 3.68. The fourth-order valence-electron chi connectivity index (χ4n) is 1.52. The lowest BCUT2D eigenvalue weighted by Gasteiger charge is -2.09. The molecule has 0 bridgehead atoms. The molecule has 0 aliphatic rings. The van der Waals surface area contributed by atoms with E-state index in [2.05, 4.69) is 41.8 Å². The molecule has 0 radical (unpaired) electrons. The first-order valence-electron chi connectivity index (χ1n) is 5.31. The Balaban J connectivity index is 2.66. The Kier molecular flexibility index (Phi) is 4.53. The summed E-state index contributed by atoms with van der Waals surface area (Å²) in [6.07, 6.45) is 0.636. The van der Waals surface area contributed by atoms with Gasteiger partial charge in [-0.05, 0) is 50.4 Å². The maximum absolute atomic E-state index is 13.5. The van der Waals surface area contributed by atoms with Gasteiger partial charge < -0.3 is 0 Å². The van der Waals surface area contributed by atoms with Crippen molar-refractivity contribution in [3.05, 3.63) is 43.6 Å².